The zero-order valence-electron chi connectivity index (χ0n) is 10.7. The zero-order chi connectivity index (χ0) is 13.1. The lowest BCUT2D eigenvalue weighted by atomic mass is 9.98. The summed E-state index contributed by atoms with van der Waals surface area (Å²) in [5, 5.41) is 12.8. The predicted octanol–water partition coefficient (Wildman–Crippen LogP) is 3.54. The van der Waals surface area contributed by atoms with Gasteiger partial charge in [-0.25, -0.2) is 4.98 Å². The van der Waals surface area contributed by atoms with Crippen LogP contribution in [-0.2, 0) is 0 Å². The van der Waals surface area contributed by atoms with Gasteiger partial charge in [0.2, 0.25) is 0 Å². The number of para-hydroxylation sites is 2. The Kier molecular flexibility index (Phi) is 3.31. The van der Waals surface area contributed by atoms with Crippen LogP contribution < -0.4 is 0 Å². The molecule has 2 aromatic rings. The lowest BCUT2D eigenvalue weighted by Crippen LogP contribution is -2.20. The maximum atomic E-state index is 9.28. The number of imidazole rings is 1. The first-order valence-electron chi connectivity index (χ1n) is 6.67. The molecule has 1 aliphatic carbocycles. The fourth-order valence-corrected chi connectivity index (χ4v) is 2.70. The monoisotopic (exact) mass is 255 g/mol. The maximum absolute atomic E-state index is 9.28. The summed E-state index contributed by atoms with van der Waals surface area (Å²) in [4.78, 5) is 4.42. The van der Waals surface area contributed by atoms with Crippen LogP contribution in [0.3, 0.4) is 0 Å². The number of rotatable bonds is 1. The highest BCUT2D eigenvalue weighted by molar-refractivity contribution is 5.89. The van der Waals surface area contributed by atoms with Gasteiger partial charge in [0, 0.05) is 0 Å². The minimum Gasteiger partial charge on any atom is -0.411 e. The average molecular weight is 255 g/mol. The Balaban J connectivity index is 2.04. The van der Waals surface area contributed by atoms with Gasteiger partial charge in [0.15, 0.2) is 0 Å². The number of hydrogen-bond donors (Lipinski definition) is 1. The third-order valence-corrected chi connectivity index (χ3v) is 3.67. The van der Waals surface area contributed by atoms with Crippen LogP contribution in [0.25, 0.3) is 11.0 Å². The minimum absolute atomic E-state index is 0.0994. The quantitative estimate of drug-likeness (QED) is 0.481. The average Bonchev–Trinajstić information content (AvgIpc) is 2.83. The smallest absolute Gasteiger partial charge is 0.0964 e. The molecular formula is C15H17N3O. The van der Waals surface area contributed by atoms with E-state index in [1.807, 2.05) is 24.5 Å². The topological polar surface area (TPSA) is 50.4 Å². The lowest BCUT2D eigenvalue weighted by Gasteiger charge is -2.21. The molecule has 1 N–H and O–H groups in total. The number of benzene rings is 1. The second-order valence-corrected chi connectivity index (χ2v) is 4.84. The van der Waals surface area contributed by atoms with Gasteiger partial charge in [-0.05, 0) is 37.8 Å². The van der Waals surface area contributed by atoms with Crippen LogP contribution in [0.5, 0.6) is 0 Å². The standard InChI is InChI=1S/C15H17N3O/c19-17-13-8-3-1-2-4-9-15(13)18-11-16-12-7-5-6-10-14(12)18/h1-2,5-7,10-11,15,19H,3-4,8-9H2. The van der Waals surface area contributed by atoms with Crippen molar-refractivity contribution < 1.29 is 5.21 Å². The van der Waals surface area contributed by atoms with Crippen molar-refractivity contribution in [3.8, 4) is 0 Å². The minimum atomic E-state index is 0.0994. The van der Waals surface area contributed by atoms with Crippen LogP contribution >= 0.6 is 0 Å². The molecule has 0 fully saturated rings. The highest BCUT2D eigenvalue weighted by Gasteiger charge is 2.20. The molecule has 0 saturated carbocycles. The lowest BCUT2D eigenvalue weighted by molar-refractivity contribution is 0.312. The summed E-state index contributed by atoms with van der Waals surface area (Å²) in [6.45, 7) is 0. The van der Waals surface area contributed by atoms with Crippen LogP contribution in [0.15, 0.2) is 47.9 Å². The van der Waals surface area contributed by atoms with Crippen molar-refractivity contribution in [2.75, 3.05) is 0 Å². The molecule has 0 aliphatic heterocycles. The van der Waals surface area contributed by atoms with Crippen LogP contribution in [-0.4, -0.2) is 20.5 Å². The molecule has 19 heavy (non-hydrogen) atoms. The van der Waals surface area contributed by atoms with Gasteiger partial charge in [-0.2, -0.15) is 0 Å². The fraction of sp³-hybridized carbons (Fsp3) is 0.333. The molecule has 4 heteroatoms. The van der Waals surface area contributed by atoms with Gasteiger partial charge in [0.05, 0.1) is 29.1 Å². The van der Waals surface area contributed by atoms with Gasteiger partial charge >= 0.3 is 0 Å². The summed E-state index contributed by atoms with van der Waals surface area (Å²) in [5.74, 6) is 0. The SMILES string of the molecule is ON=C1CCC=CCCC1n1cnc2ccccc21. The molecule has 4 nitrogen and oxygen atoms in total. The number of aromatic nitrogens is 2. The maximum Gasteiger partial charge on any atom is 0.0964 e. The van der Waals surface area contributed by atoms with Gasteiger partial charge in [-0.15, -0.1) is 0 Å². The number of nitrogens with zero attached hydrogens (tertiary/aromatic N) is 3. The van der Waals surface area contributed by atoms with Crippen molar-refractivity contribution in [1.29, 1.82) is 0 Å². The van der Waals surface area contributed by atoms with Crippen LogP contribution in [0.4, 0.5) is 0 Å². The van der Waals surface area contributed by atoms with Gasteiger partial charge in [-0.3, -0.25) is 0 Å². The summed E-state index contributed by atoms with van der Waals surface area (Å²) in [7, 11) is 0. The van der Waals surface area contributed by atoms with Crippen molar-refractivity contribution >= 4 is 16.7 Å². The molecule has 0 radical (unpaired) electrons. The van der Waals surface area contributed by atoms with Gasteiger partial charge < -0.3 is 9.77 Å². The summed E-state index contributed by atoms with van der Waals surface area (Å²) >= 11 is 0. The van der Waals surface area contributed by atoms with Crippen LogP contribution in [0.2, 0.25) is 0 Å². The van der Waals surface area contributed by atoms with E-state index in [9.17, 15) is 5.21 Å². The molecule has 0 spiro atoms. The Morgan fingerprint density at radius 3 is 2.95 bits per heavy atom. The molecule has 1 aliphatic rings. The Morgan fingerprint density at radius 1 is 1.21 bits per heavy atom. The number of allylic oxidation sites excluding steroid dienone is 2. The number of hydrogen-bond acceptors (Lipinski definition) is 3. The first kappa shape index (κ1) is 12.0. The van der Waals surface area contributed by atoms with Gasteiger partial charge in [0.25, 0.3) is 0 Å². The van der Waals surface area contributed by atoms with Gasteiger partial charge in [0.1, 0.15) is 0 Å². The summed E-state index contributed by atoms with van der Waals surface area (Å²) < 4.78 is 2.13. The molecule has 1 unspecified atom stereocenters. The molecule has 1 atom stereocenters. The van der Waals surface area contributed by atoms with Crippen LogP contribution in [0, 0.1) is 0 Å². The fourth-order valence-electron chi connectivity index (χ4n) is 2.70. The van der Waals surface area contributed by atoms with Crippen molar-refractivity contribution in [2.45, 2.75) is 31.7 Å². The van der Waals surface area contributed by atoms with E-state index in [-0.39, 0.29) is 6.04 Å². The molecular weight excluding hydrogens is 238 g/mol. The Labute approximate surface area is 112 Å². The van der Waals surface area contributed by atoms with E-state index < -0.39 is 0 Å². The second-order valence-electron chi connectivity index (χ2n) is 4.84. The van der Waals surface area contributed by atoms with Crippen molar-refractivity contribution in [1.82, 2.24) is 9.55 Å². The molecule has 0 saturated heterocycles. The second kappa shape index (κ2) is 5.26. The molecule has 1 aromatic carbocycles. The van der Waals surface area contributed by atoms with E-state index in [1.54, 1.807) is 0 Å². The normalized spacial score (nSPS) is 22.5. The van der Waals surface area contributed by atoms with E-state index in [0.29, 0.717) is 0 Å². The molecule has 3 rings (SSSR count). The molecule has 1 aromatic heterocycles. The first-order valence-corrected chi connectivity index (χ1v) is 6.67. The first-order chi connectivity index (χ1) is 9.40. The van der Waals surface area contributed by atoms with E-state index in [2.05, 4.69) is 32.9 Å². The highest BCUT2D eigenvalue weighted by atomic mass is 16.4. The molecule has 98 valence electrons. The van der Waals surface area contributed by atoms with E-state index in [1.165, 1.54) is 0 Å². The van der Waals surface area contributed by atoms with Crippen molar-refractivity contribution in [2.24, 2.45) is 5.16 Å². The van der Waals surface area contributed by atoms with Crippen molar-refractivity contribution in [3.63, 3.8) is 0 Å². The number of fused-ring (bicyclic) bond motifs is 1. The highest BCUT2D eigenvalue weighted by Crippen LogP contribution is 2.26. The van der Waals surface area contributed by atoms with E-state index in [0.717, 1.165) is 42.4 Å². The largest absolute Gasteiger partial charge is 0.411 e. The van der Waals surface area contributed by atoms with Gasteiger partial charge in [-0.1, -0.05) is 29.4 Å². The predicted molar refractivity (Wildman–Crippen MR) is 75.6 cm³/mol. The molecule has 1 heterocycles. The van der Waals surface area contributed by atoms with E-state index in [4.69, 9.17) is 0 Å². The third kappa shape index (κ3) is 2.26. The summed E-state index contributed by atoms with van der Waals surface area (Å²) in [6.07, 6.45) is 9.89. The number of oxime groups is 1. The summed E-state index contributed by atoms with van der Waals surface area (Å²) in [6, 6.07) is 8.17. The summed E-state index contributed by atoms with van der Waals surface area (Å²) in [5.41, 5.74) is 2.92. The molecule has 0 bridgehead atoms. The third-order valence-electron chi connectivity index (χ3n) is 3.67. The molecule has 0 amide bonds. The van der Waals surface area contributed by atoms with Crippen LogP contribution in [0.1, 0.15) is 31.7 Å². The van der Waals surface area contributed by atoms with E-state index >= 15 is 0 Å². The Morgan fingerprint density at radius 2 is 2.05 bits per heavy atom. The zero-order valence-corrected chi connectivity index (χ0v) is 10.7. The van der Waals surface area contributed by atoms with Crippen molar-refractivity contribution in [3.05, 3.63) is 42.7 Å². The Bertz CT molecular complexity index is 627. The Hall–Kier alpha value is -2.10.